The number of likely N-dealkylation sites (tertiary alicyclic amines) is 1. The molecule has 1 aliphatic rings. The van der Waals surface area contributed by atoms with Gasteiger partial charge in [0.05, 0.1) is 0 Å². The molecule has 1 saturated heterocycles. The van der Waals surface area contributed by atoms with Crippen LogP contribution >= 0.6 is 0 Å². The molecule has 0 radical (unpaired) electrons. The first-order valence-electron chi connectivity index (χ1n) is 5.78. The van der Waals surface area contributed by atoms with Crippen molar-refractivity contribution in [1.82, 2.24) is 9.58 Å². The molecule has 2 rings (SSSR count). The molecular weight excluding hydrogens is 252 g/mol. The van der Waals surface area contributed by atoms with E-state index >= 15 is 0 Å². The zero-order chi connectivity index (χ0) is 14.0. The summed E-state index contributed by atoms with van der Waals surface area (Å²) in [5.41, 5.74) is 7.75. The number of nitrogens with two attached hydrogens (primary N) is 1. The molecule has 8 heteroatoms. The predicted octanol–water partition coefficient (Wildman–Crippen LogP) is -0.201. The molecule has 2 heterocycles. The molecule has 19 heavy (non-hydrogen) atoms. The third-order valence-electron chi connectivity index (χ3n) is 3.03. The van der Waals surface area contributed by atoms with Gasteiger partial charge in [0.25, 0.3) is 11.8 Å². The van der Waals surface area contributed by atoms with Gasteiger partial charge in [0.15, 0.2) is 0 Å². The Bertz CT molecular complexity index is 525. The molecule has 0 bridgehead atoms. The lowest BCUT2D eigenvalue weighted by Crippen LogP contribution is -2.44. The van der Waals surface area contributed by atoms with Crippen LogP contribution in [-0.2, 0) is 4.79 Å². The molecular formula is C11H14N4O4. The van der Waals surface area contributed by atoms with Crippen LogP contribution in [0.5, 0.6) is 0 Å². The Kier molecular flexibility index (Phi) is 3.41. The molecule has 0 saturated carbocycles. The number of carboxylic acid groups (broad SMARTS) is 1. The van der Waals surface area contributed by atoms with E-state index in [0.29, 0.717) is 19.4 Å². The maximum absolute atomic E-state index is 12.0. The summed E-state index contributed by atoms with van der Waals surface area (Å²) in [4.78, 5) is 35.2. The van der Waals surface area contributed by atoms with Crippen LogP contribution in [-0.4, -0.2) is 45.2 Å². The van der Waals surface area contributed by atoms with E-state index in [1.165, 1.54) is 16.9 Å². The van der Waals surface area contributed by atoms with E-state index in [2.05, 4.69) is 5.43 Å². The van der Waals surface area contributed by atoms with Gasteiger partial charge in [0, 0.05) is 12.7 Å². The second-order valence-corrected chi connectivity index (χ2v) is 4.24. The van der Waals surface area contributed by atoms with Gasteiger partial charge in [-0.3, -0.25) is 24.6 Å². The first kappa shape index (κ1) is 12.9. The van der Waals surface area contributed by atoms with Gasteiger partial charge in [0.2, 0.25) is 0 Å². The van der Waals surface area contributed by atoms with Crippen molar-refractivity contribution in [2.75, 3.05) is 12.0 Å². The minimum atomic E-state index is -1.12. The van der Waals surface area contributed by atoms with E-state index < -0.39 is 23.9 Å². The zero-order valence-electron chi connectivity index (χ0n) is 10.1. The fraction of sp³-hybridized carbons (Fsp3) is 0.364. The number of carbonyl (C=O) groups excluding carboxylic acids is 2. The second-order valence-electron chi connectivity index (χ2n) is 4.24. The lowest BCUT2D eigenvalue weighted by Gasteiger charge is -2.21. The van der Waals surface area contributed by atoms with Crippen molar-refractivity contribution in [3.63, 3.8) is 0 Å². The highest BCUT2D eigenvalue weighted by atomic mass is 16.4. The van der Waals surface area contributed by atoms with Crippen LogP contribution in [0.2, 0.25) is 0 Å². The summed E-state index contributed by atoms with van der Waals surface area (Å²) >= 11 is 0. The van der Waals surface area contributed by atoms with Gasteiger partial charge < -0.3 is 10.8 Å². The topological polar surface area (TPSA) is 118 Å². The molecule has 4 N–H and O–H groups in total. The number of carbonyl (C=O) groups is 3. The number of hydrogen-bond acceptors (Lipinski definition) is 3. The van der Waals surface area contributed by atoms with E-state index in [4.69, 9.17) is 10.8 Å². The van der Waals surface area contributed by atoms with Crippen molar-refractivity contribution in [1.29, 1.82) is 0 Å². The van der Waals surface area contributed by atoms with Crippen LogP contribution in [0.3, 0.4) is 0 Å². The molecule has 8 nitrogen and oxygen atoms in total. The van der Waals surface area contributed by atoms with Crippen molar-refractivity contribution in [2.45, 2.75) is 18.9 Å². The smallest absolute Gasteiger partial charge is 0.407 e. The number of rotatable bonds is 3. The molecule has 0 aliphatic carbocycles. The largest absolute Gasteiger partial charge is 0.465 e. The molecule has 1 aliphatic heterocycles. The fourth-order valence-electron chi connectivity index (χ4n) is 2.14. The lowest BCUT2D eigenvalue weighted by atomic mass is 10.2. The monoisotopic (exact) mass is 266 g/mol. The van der Waals surface area contributed by atoms with Gasteiger partial charge >= 0.3 is 6.09 Å². The van der Waals surface area contributed by atoms with Gasteiger partial charge in [-0.2, -0.15) is 0 Å². The number of hydrogen-bond donors (Lipinski definition) is 3. The lowest BCUT2D eigenvalue weighted by molar-refractivity contribution is -0.120. The molecule has 3 amide bonds. The first-order valence-corrected chi connectivity index (χ1v) is 5.78. The number of primary amides is 1. The Hall–Kier alpha value is -2.51. The number of nitrogens with zero attached hydrogens (tertiary/aromatic N) is 2. The first-order chi connectivity index (χ1) is 9.00. The Morgan fingerprint density at radius 3 is 2.79 bits per heavy atom. The summed E-state index contributed by atoms with van der Waals surface area (Å²) in [5, 5.41) is 8.97. The molecule has 0 spiro atoms. The maximum atomic E-state index is 12.0. The SMILES string of the molecule is NC(=O)c1cccn1NC(=O)C1CCCN1C(=O)O. The molecule has 1 aromatic rings. The van der Waals surface area contributed by atoms with E-state index in [0.717, 1.165) is 4.90 Å². The van der Waals surface area contributed by atoms with Crippen LogP contribution in [0.1, 0.15) is 23.3 Å². The van der Waals surface area contributed by atoms with Gasteiger partial charge in [-0.05, 0) is 25.0 Å². The van der Waals surface area contributed by atoms with E-state index in [-0.39, 0.29) is 5.69 Å². The van der Waals surface area contributed by atoms with Crippen LogP contribution in [0.25, 0.3) is 0 Å². The van der Waals surface area contributed by atoms with Crippen molar-refractivity contribution in [3.05, 3.63) is 24.0 Å². The number of amides is 3. The summed E-state index contributed by atoms with van der Waals surface area (Å²) in [7, 11) is 0. The van der Waals surface area contributed by atoms with E-state index in [1.807, 2.05) is 0 Å². The fourth-order valence-corrected chi connectivity index (χ4v) is 2.14. The summed E-state index contributed by atoms with van der Waals surface area (Å²) in [6, 6.07) is 2.29. The van der Waals surface area contributed by atoms with Gasteiger partial charge in [0.1, 0.15) is 11.7 Å². The summed E-state index contributed by atoms with van der Waals surface area (Å²) < 4.78 is 1.20. The predicted molar refractivity (Wildman–Crippen MR) is 65.1 cm³/mol. The van der Waals surface area contributed by atoms with Crippen LogP contribution in [0.15, 0.2) is 18.3 Å². The van der Waals surface area contributed by atoms with Gasteiger partial charge in [-0.25, -0.2) is 4.79 Å². The van der Waals surface area contributed by atoms with Gasteiger partial charge in [-0.15, -0.1) is 0 Å². The third-order valence-corrected chi connectivity index (χ3v) is 3.03. The third kappa shape index (κ3) is 2.51. The molecule has 1 atom stereocenters. The molecule has 102 valence electrons. The summed E-state index contributed by atoms with van der Waals surface area (Å²) in [6.07, 6.45) is 1.45. The average molecular weight is 266 g/mol. The number of aromatic nitrogens is 1. The van der Waals surface area contributed by atoms with Gasteiger partial charge in [-0.1, -0.05) is 0 Å². The Morgan fingerprint density at radius 1 is 1.42 bits per heavy atom. The molecule has 0 aromatic carbocycles. The van der Waals surface area contributed by atoms with E-state index in [9.17, 15) is 14.4 Å². The number of nitrogens with one attached hydrogen (secondary N) is 1. The van der Waals surface area contributed by atoms with Crippen molar-refractivity contribution in [3.8, 4) is 0 Å². The standard InChI is InChI=1S/C11H14N4O4/c12-9(16)7-3-2-6-15(7)13-10(17)8-4-1-5-14(8)11(18)19/h2-3,6,8H,1,4-5H2,(H2,12,16)(H,13,17)(H,18,19). The highest BCUT2D eigenvalue weighted by molar-refractivity contribution is 5.95. The van der Waals surface area contributed by atoms with Crippen LogP contribution in [0, 0.1) is 0 Å². The maximum Gasteiger partial charge on any atom is 0.407 e. The van der Waals surface area contributed by atoms with Crippen molar-refractivity contribution < 1.29 is 19.5 Å². The van der Waals surface area contributed by atoms with E-state index in [1.54, 1.807) is 6.07 Å². The minimum absolute atomic E-state index is 0.133. The van der Waals surface area contributed by atoms with Crippen LogP contribution < -0.4 is 11.2 Å². The average Bonchev–Trinajstić information content (AvgIpc) is 2.96. The summed E-state index contributed by atoms with van der Waals surface area (Å²) in [5.74, 6) is -1.15. The minimum Gasteiger partial charge on any atom is -0.465 e. The zero-order valence-corrected chi connectivity index (χ0v) is 10.1. The van der Waals surface area contributed by atoms with Crippen LogP contribution in [0.4, 0.5) is 4.79 Å². The normalized spacial score (nSPS) is 18.3. The Labute approximate surface area is 108 Å². The molecule has 1 fully saturated rings. The Morgan fingerprint density at radius 2 is 2.16 bits per heavy atom. The second kappa shape index (κ2) is 5.01. The molecule has 1 unspecified atom stereocenters. The highest BCUT2D eigenvalue weighted by Crippen LogP contribution is 2.17. The molecule has 1 aromatic heterocycles. The van der Waals surface area contributed by atoms with Crippen molar-refractivity contribution in [2.24, 2.45) is 5.73 Å². The highest BCUT2D eigenvalue weighted by Gasteiger charge is 2.34. The quantitative estimate of drug-likeness (QED) is 0.702. The summed E-state index contributed by atoms with van der Waals surface area (Å²) in [6.45, 7) is 0.335. The van der Waals surface area contributed by atoms with Crippen molar-refractivity contribution >= 4 is 17.9 Å². The Balaban J connectivity index is 2.11.